The van der Waals surface area contributed by atoms with Crippen LogP contribution in [0.5, 0.6) is 5.75 Å². The van der Waals surface area contributed by atoms with Crippen molar-refractivity contribution in [3.05, 3.63) is 41.9 Å². The fourth-order valence-electron chi connectivity index (χ4n) is 2.69. The first-order chi connectivity index (χ1) is 12.1. The summed E-state index contributed by atoms with van der Waals surface area (Å²) < 4.78 is 42.8. The Morgan fingerprint density at radius 3 is 2.54 bits per heavy atom. The largest absolute Gasteiger partial charge is 0.573 e. The molecule has 0 aliphatic heterocycles. The second-order valence-corrected chi connectivity index (χ2v) is 5.79. The molecule has 0 bridgehead atoms. The van der Waals surface area contributed by atoms with Crippen molar-refractivity contribution in [1.82, 2.24) is 14.6 Å². The number of halogens is 3. The Kier molecular flexibility index (Phi) is 4.31. The van der Waals surface area contributed by atoms with Crippen LogP contribution in [0.25, 0.3) is 16.8 Å². The van der Waals surface area contributed by atoms with E-state index in [9.17, 15) is 18.0 Å². The average molecular weight is 364 g/mol. The molecule has 2 aromatic heterocycles. The van der Waals surface area contributed by atoms with E-state index in [4.69, 9.17) is 0 Å². The Morgan fingerprint density at radius 2 is 1.92 bits per heavy atom. The lowest BCUT2D eigenvalue weighted by molar-refractivity contribution is -0.274. The summed E-state index contributed by atoms with van der Waals surface area (Å²) in [5.74, 6) is 0.0564. The number of aromatic nitrogens is 3. The number of hydrogen-bond donors (Lipinski definition) is 1. The zero-order valence-corrected chi connectivity index (χ0v) is 14.2. The van der Waals surface area contributed by atoms with Crippen LogP contribution in [0.15, 0.2) is 30.5 Å². The Hall–Kier alpha value is -3.10. The van der Waals surface area contributed by atoms with Crippen LogP contribution in [0, 0.1) is 13.8 Å². The summed E-state index contributed by atoms with van der Waals surface area (Å²) in [5, 5.41) is 10.7. The van der Waals surface area contributed by atoms with Crippen LogP contribution in [0.1, 0.15) is 18.3 Å². The second-order valence-electron chi connectivity index (χ2n) is 5.79. The minimum absolute atomic E-state index is 0.268. The Morgan fingerprint density at radius 1 is 1.19 bits per heavy atom. The molecule has 3 aromatic rings. The number of carbonyl (C=O) groups is 1. The highest BCUT2D eigenvalue weighted by atomic mass is 19.4. The van der Waals surface area contributed by atoms with E-state index in [1.54, 1.807) is 30.5 Å². The zero-order chi connectivity index (χ0) is 19.1. The van der Waals surface area contributed by atoms with E-state index in [0.29, 0.717) is 33.8 Å². The molecule has 0 saturated carbocycles. The third-order valence-corrected chi connectivity index (χ3v) is 3.73. The molecule has 1 aromatic carbocycles. The monoisotopic (exact) mass is 364 g/mol. The van der Waals surface area contributed by atoms with E-state index in [2.05, 4.69) is 20.3 Å². The molecule has 0 spiro atoms. The molecular formula is C17H15F3N4O2. The van der Waals surface area contributed by atoms with Crippen molar-refractivity contribution in [2.24, 2.45) is 0 Å². The van der Waals surface area contributed by atoms with Gasteiger partial charge in [0.15, 0.2) is 5.65 Å². The van der Waals surface area contributed by atoms with Crippen molar-refractivity contribution in [2.45, 2.75) is 27.1 Å². The number of aryl methyl sites for hydroxylation is 2. The Balaban J connectivity index is 2.10. The zero-order valence-electron chi connectivity index (χ0n) is 14.2. The number of carbonyl (C=O) groups excluding carboxylic acids is 1. The summed E-state index contributed by atoms with van der Waals surface area (Å²) in [6.45, 7) is 4.81. The molecule has 0 saturated heterocycles. The van der Waals surface area contributed by atoms with Gasteiger partial charge in [-0.2, -0.15) is 0 Å². The molecule has 0 radical (unpaired) electrons. The number of rotatable bonds is 3. The number of nitrogens with one attached hydrogen (secondary N) is 1. The maximum atomic E-state index is 12.4. The predicted octanol–water partition coefficient (Wildman–Crippen LogP) is 3.87. The van der Waals surface area contributed by atoms with Gasteiger partial charge in [0, 0.05) is 18.7 Å². The number of nitrogens with zero attached hydrogens (tertiary/aromatic N) is 3. The summed E-state index contributed by atoms with van der Waals surface area (Å²) in [6, 6.07) is 5.80. The lowest BCUT2D eigenvalue weighted by Crippen LogP contribution is -2.17. The third-order valence-electron chi connectivity index (χ3n) is 3.73. The van der Waals surface area contributed by atoms with Gasteiger partial charge in [-0.1, -0.05) is 6.07 Å². The lowest BCUT2D eigenvalue weighted by Gasteiger charge is -2.13. The normalized spacial score (nSPS) is 11.6. The summed E-state index contributed by atoms with van der Waals surface area (Å²) in [5.41, 5.74) is 2.92. The van der Waals surface area contributed by atoms with Gasteiger partial charge in [-0.15, -0.1) is 23.4 Å². The van der Waals surface area contributed by atoms with Crippen molar-refractivity contribution in [3.63, 3.8) is 0 Å². The van der Waals surface area contributed by atoms with Crippen LogP contribution in [-0.4, -0.2) is 26.9 Å². The highest BCUT2D eigenvalue weighted by Crippen LogP contribution is 2.32. The lowest BCUT2D eigenvalue weighted by atomic mass is 10.0. The molecular weight excluding hydrogens is 349 g/mol. The quantitative estimate of drug-likeness (QED) is 0.766. The van der Waals surface area contributed by atoms with Gasteiger partial charge in [-0.05, 0) is 43.2 Å². The number of amides is 1. The highest BCUT2D eigenvalue weighted by molar-refractivity contribution is 5.94. The van der Waals surface area contributed by atoms with Gasteiger partial charge >= 0.3 is 6.36 Å². The Bertz CT molecular complexity index is 996. The minimum atomic E-state index is -4.75. The number of pyridine rings is 1. The highest BCUT2D eigenvalue weighted by Gasteiger charge is 2.31. The first kappa shape index (κ1) is 17.7. The van der Waals surface area contributed by atoms with E-state index in [1.807, 2.05) is 0 Å². The molecule has 0 aliphatic carbocycles. The molecule has 26 heavy (non-hydrogen) atoms. The van der Waals surface area contributed by atoms with Crippen LogP contribution in [0.4, 0.5) is 18.9 Å². The predicted molar refractivity (Wildman–Crippen MR) is 88.9 cm³/mol. The Labute approximate surface area is 146 Å². The van der Waals surface area contributed by atoms with E-state index in [1.165, 1.54) is 25.1 Å². The summed E-state index contributed by atoms with van der Waals surface area (Å²) in [7, 11) is 0. The topological polar surface area (TPSA) is 68.5 Å². The van der Waals surface area contributed by atoms with Crippen molar-refractivity contribution < 1.29 is 22.7 Å². The molecule has 1 amide bonds. The SMILES string of the molecule is CC(=O)Nc1cc(-c2ccc(OC(F)(F)F)cc2C)cn2c(C)nnc12. The number of fused-ring (bicyclic) bond motifs is 1. The third kappa shape index (κ3) is 3.61. The molecule has 9 heteroatoms. The van der Waals surface area contributed by atoms with Gasteiger partial charge in [-0.25, -0.2) is 0 Å². The maximum absolute atomic E-state index is 12.4. The standard InChI is InChI=1S/C17H15F3N4O2/c1-9-6-13(26-17(18,19)20)4-5-14(9)12-7-15(21-11(3)25)16-23-22-10(2)24(16)8-12/h4-8H,1-3H3,(H,21,25). The van der Waals surface area contributed by atoms with Gasteiger partial charge < -0.3 is 10.1 Å². The van der Waals surface area contributed by atoms with Crippen LogP contribution >= 0.6 is 0 Å². The minimum Gasteiger partial charge on any atom is -0.406 e. The van der Waals surface area contributed by atoms with Crippen LogP contribution in [-0.2, 0) is 4.79 Å². The molecule has 0 unspecified atom stereocenters. The molecule has 3 rings (SSSR count). The van der Waals surface area contributed by atoms with Crippen molar-refractivity contribution >= 4 is 17.2 Å². The van der Waals surface area contributed by atoms with Gasteiger partial charge in [-0.3, -0.25) is 9.20 Å². The number of anilines is 1. The molecule has 1 N–H and O–H groups in total. The fourth-order valence-corrected chi connectivity index (χ4v) is 2.69. The number of ether oxygens (including phenoxy) is 1. The van der Waals surface area contributed by atoms with Crippen LogP contribution < -0.4 is 10.1 Å². The van der Waals surface area contributed by atoms with Crippen molar-refractivity contribution in [3.8, 4) is 16.9 Å². The molecule has 0 fully saturated rings. The average Bonchev–Trinajstić information content (AvgIpc) is 2.87. The van der Waals surface area contributed by atoms with Gasteiger partial charge in [0.2, 0.25) is 5.91 Å². The van der Waals surface area contributed by atoms with Crippen LogP contribution in [0.2, 0.25) is 0 Å². The van der Waals surface area contributed by atoms with E-state index in [-0.39, 0.29) is 11.7 Å². The summed E-state index contributed by atoms with van der Waals surface area (Å²) in [6.07, 6.45) is -2.98. The van der Waals surface area contributed by atoms with Crippen molar-refractivity contribution in [1.29, 1.82) is 0 Å². The van der Waals surface area contributed by atoms with Gasteiger partial charge in [0.05, 0.1) is 5.69 Å². The second kappa shape index (κ2) is 6.32. The van der Waals surface area contributed by atoms with Gasteiger partial charge in [0.25, 0.3) is 0 Å². The fraction of sp³-hybridized carbons (Fsp3) is 0.235. The molecule has 6 nitrogen and oxygen atoms in total. The smallest absolute Gasteiger partial charge is 0.406 e. The maximum Gasteiger partial charge on any atom is 0.573 e. The number of alkyl halides is 3. The van der Waals surface area contributed by atoms with E-state index >= 15 is 0 Å². The van der Waals surface area contributed by atoms with Crippen LogP contribution in [0.3, 0.4) is 0 Å². The summed E-state index contributed by atoms with van der Waals surface area (Å²) in [4.78, 5) is 11.5. The first-order valence-corrected chi connectivity index (χ1v) is 7.64. The summed E-state index contributed by atoms with van der Waals surface area (Å²) >= 11 is 0. The van der Waals surface area contributed by atoms with Gasteiger partial charge in [0.1, 0.15) is 11.6 Å². The molecule has 0 atom stereocenters. The molecule has 136 valence electrons. The first-order valence-electron chi connectivity index (χ1n) is 7.64. The van der Waals surface area contributed by atoms with E-state index in [0.717, 1.165) is 0 Å². The number of hydrogen-bond acceptors (Lipinski definition) is 4. The van der Waals surface area contributed by atoms with E-state index < -0.39 is 6.36 Å². The number of benzene rings is 1. The van der Waals surface area contributed by atoms with Crippen molar-refractivity contribution in [2.75, 3.05) is 5.32 Å². The molecule has 0 aliphatic rings. The molecule has 2 heterocycles.